The number of azide groups is 1. The van der Waals surface area contributed by atoms with Crippen LogP contribution in [-0.2, 0) is 23.7 Å². The summed E-state index contributed by atoms with van der Waals surface area (Å²) in [7, 11) is 0. The molecule has 0 saturated carbocycles. The molecule has 20 heavy (non-hydrogen) atoms. The Kier molecular flexibility index (Phi) is 3.20. The number of hydrogen-bond acceptors (Lipinski definition) is 6. The average Bonchev–Trinajstić information content (AvgIpc) is 2.80. The fourth-order valence-corrected chi connectivity index (χ4v) is 2.96. The van der Waals surface area contributed by atoms with Gasteiger partial charge in [0.15, 0.2) is 17.9 Å². The van der Waals surface area contributed by atoms with E-state index in [0.717, 1.165) is 0 Å². The van der Waals surface area contributed by atoms with Crippen molar-refractivity contribution >= 4 is 0 Å². The minimum atomic E-state index is -0.733. The molecule has 3 heterocycles. The van der Waals surface area contributed by atoms with Gasteiger partial charge in [-0.2, -0.15) is 0 Å². The molecule has 8 heteroatoms. The molecule has 0 radical (unpaired) electrons. The van der Waals surface area contributed by atoms with E-state index >= 15 is 0 Å². The maximum atomic E-state index is 8.49. The van der Waals surface area contributed by atoms with Crippen LogP contribution in [0.3, 0.4) is 0 Å². The summed E-state index contributed by atoms with van der Waals surface area (Å²) in [6, 6.07) is 0. The molecule has 3 aliphatic heterocycles. The molecule has 0 aromatic carbocycles. The molecule has 8 nitrogen and oxygen atoms in total. The van der Waals surface area contributed by atoms with Crippen LogP contribution in [0.2, 0.25) is 0 Å². The lowest BCUT2D eigenvalue weighted by molar-refractivity contribution is -0.231. The summed E-state index contributed by atoms with van der Waals surface area (Å²) in [5.74, 6) is -1.46. The first-order valence-electron chi connectivity index (χ1n) is 6.69. The summed E-state index contributed by atoms with van der Waals surface area (Å²) in [4.78, 5) is 2.77. The Balaban J connectivity index is 1.85. The Morgan fingerprint density at radius 3 is 2.25 bits per heavy atom. The van der Waals surface area contributed by atoms with Crippen molar-refractivity contribution in [3.8, 4) is 0 Å². The lowest BCUT2D eigenvalue weighted by Gasteiger charge is -2.36. The van der Waals surface area contributed by atoms with Gasteiger partial charge in [0.2, 0.25) is 0 Å². The fraction of sp³-hybridized carbons (Fsp3) is 1.00. The SMILES string of the molecule is CC1(C)O[C@@H]2O[C@H](CN=[N+]=[N-])[C@@H]3OC(C)(C)O[C@@H]3[C@@H]2O1. The van der Waals surface area contributed by atoms with Crippen molar-refractivity contribution < 1.29 is 23.7 Å². The van der Waals surface area contributed by atoms with Gasteiger partial charge in [0.25, 0.3) is 0 Å². The van der Waals surface area contributed by atoms with Crippen LogP contribution < -0.4 is 0 Å². The van der Waals surface area contributed by atoms with E-state index in [2.05, 4.69) is 10.0 Å². The van der Waals surface area contributed by atoms with Crippen molar-refractivity contribution in [1.29, 1.82) is 0 Å². The molecule has 3 aliphatic rings. The van der Waals surface area contributed by atoms with Gasteiger partial charge >= 0.3 is 0 Å². The Hall–Kier alpha value is -0.890. The van der Waals surface area contributed by atoms with E-state index in [1.54, 1.807) is 0 Å². The van der Waals surface area contributed by atoms with Crippen molar-refractivity contribution in [3.63, 3.8) is 0 Å². The van der Waals surface area contributed by atoms with Crippen LogP contribution >= 0.6 is 0 Å². The minimum Gasteiger partial charge on any atom is -0.344 e. The molecule has 5 atom stereocenters. The monoisotopic (exact) mass is 285 g/mol. The standard InChI is InChI=1S/C12H19N3O5/c1-11(2)17-7-6(5-14-15-13)16-10-9(8(7)18-11)19-12(3,4)20-10/h6-10H,5H2,1-4H3/t6-,7+,8+,9+,10+/m1/s1. The first-order chi connectivity index (χ1) is 9.31. The van der Waals surface area contributed by atoms with E-state index in [9.17, 15) is 0 Å². The van der Waals surface area contributed by atoms with Gasteiger partial charge in [0.1, 0.15) is 18.3 Å². The van der Waals surface area contributed by atoms with Gasteiger partial charge in [-0.05, 0) is 33.2 Å². The third-order valence-corrected chi connectivity index (χ3v) is 3.58. The number of nitrogens with zero attached hydrogens (tertiary/aromatic N) is 3. The Morgan fingerprint density at radius 1 is 0.950 bits per heavy atom. The number of hydrogen-bond donors (Lipinski definition) is 0. The van der Waals surface area contributed by atoms with Crippen LogP contribution in [-0.4, -0.2) is 48.8 Å². The van der Waals surface area contributed by atoms with Gasteiger partial charge in [-0.3, -0.25) is 0 Å². The van der Waals surface area contributed by atoms with Gasteiger partial charge in [-0.25, -0.2) is 0 Å². The van der Waals surface area contributed by atoms with Crippen molar-refractivity contribution in [2.45, 2.75) is 70.0 Å². The molecule has 0 spiro atoms. The fourth-order valence-electron chi connectivity index (χ4n) is 2.96. The summed E-state index contributed by atoms with van der Waals surface area (Å²) in [6.45, 7) is 7.50. The van der Waals surface area contributed by atoms with E-state index in [1.165, 1.54) is 0 Å². The first kappa shape index (κ1) is 14.1. The molecule has 3 saturated heterocycles. The summed E-state index contributed by atoms with van der Waals surface area (Å²) in [6.07, 6.45) is -1.93. The number of rotatable bonds is 2. The molecule has 0 bridgehead atoms. The summed E-state index contributed by atoms with van der Waals surface area (Å²) in [5.41, 5.74) is 8.49. The zero-order valence-electron chi connectivity index (χ0n) is 12.0. The Morgan fingerprint density at radius 2 is 1.55 bits per heavy atom. The van der Waals surface area contributed by atoms with Crippen molar-refractivity contribution in [1.82, 2.24) is 0 Å². The van der Waals surface area contributed by atoms with Gasteiger partial charge < -0.3 is 23.7 Å². The molecule has 0 aromatic heterocycles. The molecule has 0 N–H and O–H groups in total. The molecular formula is C12H19N3O5. The predicted octanol–water partition coefficient (Wildman–Crippen LogP) is 1.69. The minimum absolute atomic E-state index is 0.171. The maximum absolute atomic E-state index is 8.49. The Labute approximate surface area is 116 Å². The second-order valence-corrected chi connectivity index (χ2v) is 6.12. The third-order valence-electron chi connectivity index (χ3n) is 3.58. The van der Waals surface area contributed by atoms with E-state index in [-0.39, 0.29) is 24.9 Å². The van der Waals surface area contributed by atoms with Gasteiger partial charge in [-0.15, -0.1) is 0 Å². The van der Waals surface area contributed by atoms with Crippen LogP contribution in [0.25, 0.3) is 10.4 Å². The van der Waals surface area contributed by atoms with Crippen LogP contribution in [0.4, 0.5) is 0 Å². The second kappa shape index (κ2) is 4.56. The van der Waals surface area contributed by atoms with E-state index in [1.807, 2.05) is 27.7 Å². The normalized spacial score (nSPS) is 44.5. The highest BCUT2D eigenvalue weighted by atomic mass is 16.9. The summed E-state index contributed by atoms with van der Waals surface area (Å²) >= 11 is 0. The highest BCUT2D eigenvalue weighted by Gasteiger charge is 2.60. The van der Waals surface area contributed by atoms with Crippen molar-refractivity contribution in [2.75, 3.05) is 6.54 Å². The highest BCUT2D eigenvalue weighted by molar-refractivity contribution is 5.00. The van der Waals surface area contributed by atoms with E-state index < -0.39 is 24.0 Å². The van der Waals surface area contributed by atoms with Crippen molar-refractivity contribution in [2.24, 2.45) is 5.11 Å². The average molecular weight is 285 g/mol. The Bertz CT molecular complexity index is 448. The third kappa shape index (κ3) is 2.39. The maximum Gasteiger partial charge on any atom is 0.190 e. The largest absolute Gasteiger partial charge is 0.344 e. The zero-order chi connectivity index (χ0) is 14.5. The predicted molar refractivity (Wildman–Crippen MR) is 66.5 cm³/mol. The molecule has 0 aliphatic carbocycles. The van der Waals surface area contributed by atoms with Gasteiger partial charge in [0, 0.05) is 4.91 Å². The van der Waals surface area contributed by atoms with Crippen LogP contribution in [0.1, 0.15) is 27.7 Å². The topological polar surface area (TPSA) is 94.9 Å². The zero-order valence-corrected chi connectivity index (χ0v) is 12.0. The number of fused-ring (bicyclic) bond motifs is 3. The summed E-state index contributed by atoms with van der Waals surface area (Å²) < 4.78 is 29.2. The number of ether oxygens (including phenoxy) is 5. The van der Waals surface area contributed by atoms with Gasteiger partial charge in [0.05, 0.1) is 12.6 Å². The molecule has 0 amide bonds. The molecule has 3 rings (SSSR count). The molecule has 112 valence electrons. The van der Waals surface area contributed by atoms with Crippen LogP contribution in [0.15, 0.2) is 5.11 Å². The molecule has 0 aromatic rings. The lowest BCUT2D eigenvalue weighted by Crippen LogP contribution is -2.55. The van der Waals surface area contributed by atoms with E-state index in [4.69, 9.17) is 29.2 Å². The smallest absolute Gasteiger partial charge is 0.190 e. The van der Waals surface area contributed by atoms with Crippen molar-refractivity contribution in [3.05, 3.63) is 10.4 Å². The van der Waals surface area contributed by atoms with E-state index in [0.29, 0.717) is 0 Å². The highest BCUT2D eigenvalue weighted by Crippen LogP contribution is 2.44. The lowest BCUT2D eigenvalue weighted by atomic mass is 9.99. The first-order valence-corrected chi connectivity index (χ1v) is 6.69. The second-order valence-electron chi connectivity index (χ2n) is 6.12. The van der Waals surface area contributed by atoms with Crippen LogP contribution in [0.5, 0.6) is 0 Å². The van der Waals surface area contributed by atoms with Crippen LogP contribution in [0, 0.1) is 0 Å². The molecule has 3 fully saturated rings. The molecular weight excluding hydrogens is 266 g/mol. The summed E-state index contributed by atoms with van der Waals surface area (Å²) in [5, 5.41) is 3.58. The quantitative estimate of drug-likeness (QED) is 0.437. The molecule has 0 unspecified atom stereocenters. The van der Waals surface area contributed by atoms with Gasteiger partial charge in [-0.1, -0.05) is 5.11 Å².